The van der Waals surface area contributed by atoms with Gasteiger partial charge >= 0.3 is 0 Å². The van der Waals surface area contributed by atoms with Crippen molar-refractivity contribution in [1.29, 1.82) is 0 Å². The zero-order valence-corrected chi connectivity index (χ0v) is 13.3. The van der Waals surface area contributed by atoms with E-state index in [-0.39, 0.29) is 0 Å². The molecule has 2 aliphatic rings. The van der Waals surface area contributed by atoms with Crippen LogP contribution in [0.2, 0.25) is 0 Å². The Morgan fingerprint density at radius 2 is 2.29 bits per heavy atom. The molecule has 0 saturated carbocycles. The van der Waals surface area contributed by atoms with Crippen LogP contribution in [0.15, 0.2) is 18.2 Å². The molecule has 4 heteroatoms. The van der Waals surface area contributed by atoms with Gasteiger partial charge in [-0.2, -0.15) is 0 Å². The van der Waals surface area contributed by atoms with Crippen molar-refractivity contribution in [3.63, 3.8) is 0 Å². The van der Waals surface area contributed by atoms with Gasteiger partial charge in [-0.15, -0.1) is 0 Å². The zero-order valence-electron chi connectivity index (χ0n) is 13.3. The molecule has 1 saturated heterocycles. The highest BCUT2D eigenvalue weighted by Gasteiger charge is 2.35. The van der Waals surface area contributed by atoms with Gasteiger partial charge in [0.25, 0.3) is 0 Å². The molecule has 4 nitrogen and oxygen atoms in total. The number of hydrogen-bond donors (Lipinski definition) is 1. The van der Waals surface area contributed by atoms with Crippen LogP contribution in [0.25, 0.3) is 0 Å². The molecule has 0 radical (unpaired) electrons. The van der Waals surface area contributed by atoms with E-state index in [2.05, 4.69) is 35.5 Å². The van der Waals surface area contributed by atoms with Crippen LogP contribution in [-0.4, -0.2) is 51.4 Å². The molecule has 1 aliphatic carbocycles. The summed E-state index contributed by atoms with van der Waals surface area (Å²) in [6.45, 7) is 1.95. The Morgan fingerprint density at radius 3 is 2.95 bits per heavy atom. The van der Waals surface area contributed by atoms with Crippen molar-refractivity contribution in [3.05, 3.63) is 29.3 Å². The Kier molecular flexibility index (Phi) is 4.48. The second kappa shape index (κ2) is 6.34. The molecule has 0 amide bonds. The predicted molar refractivity (Wildman–Crippen MR) is 83.9 cm³/mol. The topological polar surface area (TPSA) is 33.7 Å². The molecular formula is C17H26N2O2. The molecule has 0 aromatic heterocycles. The van der Waals surface area contributed by atoms with Crippen molar-refractivity contribution in [2.24, 2.45) is 0 Å². The van der Waals surface area contributed by atoms with E-state index in [1.54, 1.807) is 7.11 Å². The SMILES string of the molecule is CNC1c2cc(OC)ccc2CC1N(C)CC1CCCO1. The Morgan fingerprint density at radius 1 is 1.43 bits per heavy atom. The number of rotatable bonds is 5. The minimum Gasteiger partial charge on any atom is -0.497 e. The lowest BCUT2D eigenvalue weighted by molar-refractivity contribution is 0.0634. The van der Waals surface area contributed by atoms with Gasteiger partial charge in [0.15, 0.2) is 0 Å². The number of nitrogens with zero attached hydrogens (tertiary/aromatic N) is 1. The van der Waals surface area contributed by atoms with E-state index in [4.69, 9.17) is 9.47 Å². The van der Waals surface area contributed by atoms with Crippen molar-refractivity contribution in [1.82, 2.24) is 10.2 Å². The molecule has 116 valence electrons. The van der Waals surface area contributed by atoms with Crippen molar-refractivity contribution < 1.29 is 9.47 Å². The highest BCUT2D eigenvalue weighted by Crippen LogP contribution is 2.36. The average molecular weight is 290 g/mol. The minimum absolute atomic E-state index is 0.363. The molecule has 3 rings (SSSR count). The van der Waals surface area contributed by atoms with Gasteiger partial charge < -0.3 is 14.8 Å². The highest BCUT2D eigenvalue weighted by molar-refractivity contribution is 5.42. The van der Waals surface area contributed by atoms with Crippen LogP contribution in [0.5, 0.6) is 5.75 Å². The maximum atomic E-state index is 5.78. The van der Waals surface area contributed by atoms with Gasteiger partial charge in [-0.3, -0.25) is 4.90 Å². The maximum absolute atomic E-state index is 5.78. The first-order valence-corrected chi connectivity index (χ1v) is 7.89. The molecule has 3 atom stereocenters. The summed E-state index contributed by atoms with van der Waals surface area (Å²) in [5, 5.41) is 3.49. The second-order valence-corrected chi connectivity index (χ2v) is 6.18. The highest BCUT2D eigenvalue weighted by atomic mass is 16.5. The second-order valence-electron chi connectivity index (χ2n) is 6.18. The monoisotopic (exact) mass is 290 g/mol. The molecule has 21 heavy (non-hydrogen) atoms. The van der Waals surface area contributed by atoms with E-state index in [1.165, 1.54) is 24.0 Å². The van der Waals surface area contributed by atoms with E-state index < -0.39 is 0 Å². The van der Waals surface area contributed by atoms with Crippen LogP contribution in [0.3, 0.4) is 0 Å². The summed E-state index contributed by atoms with van der Waals surface area (Å²) < 4.78 is 11.2. The fraction of sp³-hybridized carbons (Fsp3) is 0.647. The normalized spacial score (nSPS) is 28.1. The van der Waals surface area contributed by atoms with Gasteiger partial charge in [0.2, 0.25) is 0 Å². The molecule has 0 bridgehead atoms. The molecule has 1 heterocycles. The predicted octanol–water partition coefficient (Wildman–Crippen LogP) is 1.99. The summed E-state index contributed by atoms with van der Waals surface area (Å²) in [5.41, 5.74) is 2.81. The van der Waals surface area contributed by atoms with Gasteiger partial charge in [-0.25, -0.2) is 0 Å². The van der Waals surface area contributed by atoms with E-state index in [0.717, 1.165) is 25.3 Å². The molecule has 1 aliphatic heterocycles. The first-order chi connectivity index (χ1) is 10.2. The largest absolute Gasteiger partial charge is 0.497 e. The van der Waals surface area contributed by atoms with Crippen LogP contribution < -0.4 is 10.1 Å². The van der Waals surface area contributed by atoms with Crippen LogP contribution in [0, 0.1) is 0 Å². The summed E-state index contributed by atoms with van der Waals surface area (Å²) in [4.78, 5) is 2.46. The van der Waals surface area contributed by atoms with Crippen molar-refractivity contribution >= 4 is 0 Å². The lowest BCUT2D eigenvalue weighted by atomic mass is 10.1. The van der Waals surface area contributed by atoms with E-state index in [9.17, 15) is 0 Å². The lowest BCUT2D eigenvalue weighted by Crippen LogP contribution is -2.43. The van der Waals surface area contributed by atoms with E-state index >= 15 is 0 Å². The van der Waals surface area contributed by atoms with E-state index in [1.807, 2.05) is 7.05 Å². The number of methoxy groups -OCH3 is 1. The standard InChI is InChI=1S/C17H26N2O2/c1-18-17-15-10-13(20-3)7-6-12(15)9-16(17)19(2)11-14-5-4-8-21-14/h6-7,10,14,16-18H,4-5,8-9,11H2,1-3H3. The molecule has 1 N–H and O–H groups in total. The maximum Gasteiger partial charge on any atom is 0.119 e. The van der Waals surface area contributed by atoms with E-state index in [0.29, 0.717) is 18.2 Å². The Labute approximate surface area is 127 Å². The fourth-order valence-corrected chi connectivity index (χ4v) is 3.73. The fourth-order valence-electron chi connectivity index (χ4n) is 3.73. The van der Waals surface area contributed by atoms with Gasteiger partial charge in [0.05, 0.1) is 13.2 Å². The molecule has 1 aromatic carbocycles. The third-order valence-electron chi connectivity index (χ3n) is 4.89. The first-order valence-electron chi connectivity index (χ1n) is 7.89. The van der Waals surface area contributed by atoms with Gasteiger partial charge in [-0.1, -0.05) is 6.07 Å². The van der Waals surface area contributed by atoms with Crippen molar-refractivity contribution in [2.45, 2.75) is 37.5 Å². The summed E-state index contributed by atoms with van der Waals surface area (Å²) in [6.07, 6.45) is 3.90. The first kappa shape index (κ1) is 14.8. The zero-order chi connectivity index (χ0) is 14.8. The third kappa shape index (κ3) is 2.93. The summed E-state index contributed by atoms with van der Waals surface area (Å²) in [7, 11) is 6.00. The number of hydrogen-bond acceptors (Lipinski definition) is 4. The quantitative estimate of drug-likeness (QED) is 0.899. The Hall–Kier alpha value is -1.10. The summed E-state index contributed by atoms with van der Waals surface area (Å²) >= 11 is 0. The van der Waals surface area contributed by atoms with Crippen LogP contribution in [0.4, 0.5) is 0 Å². The summed E-state index contributed by atoms with van der Waals surface area (Å²) in [5.74, 6) is 0.941. The Bertz CT molecular complexity index is 486. The number of nitrogens with one attached hydrogen (secondary N) is 1. The number of ether oxygens (including phenoxy) is 2. The van der Waals surface area contributed by atoms with Crippen molar-refractivity contribution in [3.8, 4) is 5.75 Å². The smallest absolute Gasteiger partial charge is 0.119 e. The van der Waals surface area contributed by atoms with Gasteiger partial charge in [0, 0.05) is 25.2 Å². The number of benzene rings is 1. The van der Waals surface area contributed by atoms with Crippen molar-refractivity contribution in [2.75, 3.05) is 34.4 Å². The molecule has 3 unspecified atom stereocenters. The molecule has 1 fully saturated rings. The van der Waals surface area contributed by atoms with Crippen LogP contribution >= 0.6 is 0 Å². The van der Waals surface area contributed by atoms with Crippen LogP contribution in [-0.2, 0) is 11.2 Å². The molecule has 0 spiro atoms. The average Bonchev–Trinajstić information content (AvgIpc) is 3.12. The van der Waals surface area contributed by atoms with Crippen LogP contribution in [0.1, 0.15) is 30.0 Å². The minimum atomic E-state index is 0.363. The molecular weight excluding hydrogens is 264 g/mol. The lowest BCUT2D eigenvalue weighted by Gasteiger charge is -2.31. The number of likely N-dealkylation sites (N-methyl/N-ethyl adjacent to an activating group) is 2. The number of fused-ring (bicyclic) bond motifs is 1. The summed E-state index contributed by atoms with van der Waals surface area (Å²) in [6, 6.07) is 7.30. The molecule has 1 aromatic rings. The Balaban J connectivity index is 1.74. The van der Waals surface area contributed by atoms with Gasteiger partial charge in [0.1, 0.15) is 5.75 Å². The third-order valence-corrected chi connectivity index (χ3v) is 4.89. The van der Waals surface area contributed by atoms with Gasteiger partial charge in [-0.05, 0) is 56.6 Å².